The lowest BCUT2D eigenvalue weighted by atomic mass is 10.1. The fourth-order valence-electron chi connectivity index (χ4n) is 5.68. The molecule has 0 aromatic carbocycles. The normalized spacial score (nSPS) is 11.9. The molecular formula is C39H74ClNO2. The van der Waals surface area contributed by atoms with Crippen LogP contribution in [0.25, 0.3) is 0 Å². The molecule has 0 heterocycles. The molecule has 0 aliphatic rings. The van der Waals surface area contributed by atoms with Gasteiger partial charge >= 0.3 is 11.8 Å². The van der Waals surface area contributed by atoms with Crippen molar-refractivity contribution in [1.29, 1.82) is 0 Å². The van der Waals surface area contributed by atoms with Crippen LogP contribution in [0.15, 0.2) is 24.3 Å². The number of rotatable bonds is 31. The Labute approximate surface area is 276 Å². The van der Waals surface area contributed by atoms with Gasteiger partial charge in [-0.05, 0) is 71.1 Å². The Morgan fingerprint density at radius 3 is 0.953 bits per heavy atom. The molecule has 0 saturated carbocycles. The van der Waals surface area contributed by atoms with Gasteiger partial charge in [0, 0.05) is 0 Å². The molecule has 0 aromatic heterocycles. The molecule has 0 aliphatic carbocycles. The first kappa shape index (κ1) is 44.2. The second kappa shape index (κ2) is 34.0. The van der Waals surface area contributed by atoms with E-state index in [1.54, 1.807) is 0 Å². The predicted octanol–water partition coefficient (Wildman–Crippen LogP) is 9.59. The van der Waals surface area contributed by atoms with Crippen molar-refractivity contribution in [3.63, 3.8) is 0 Å². The minimum atomic E-state index is -0.00715. The predicted molar refractivity (Wildman–Crippen MR) is 186 cm³/mol. The standard InChI is InChI=1S/C39H74NO2.ClH/c1-5-8-10-12-14-16-18-20-22-24-26-28-30-32-34-36-38(41)40(4,7-3)39(42)37-35-33-31-29-27-25-23-21-19-17-15-13-11-9-6-2;/h20-23H,5-19,24-37H2,1-4H3;1H/q+1;/p-1/b22-20-,23-21-;. The van der Waals surface area contributed by atoms with E-state index in [0.717, 1.165) is 25.7 Å². The van der Waals surface area contributed by atoms with Crippen LogP contribution in [0.4, 0.5) is 0 Å². The number of nitrogens with zero attached hydrogens (tertiary/aromatic N) is 1. The summed E-state index contributed by atoms with van der Waals surface area (Å²) in [6.07, 6.45) is 43.2. The lowest BCUT2D eigenvalue weighted by Gasteiger charge is -2.27. The van der Waals surface area contributed by atoms with Crippen LogP contribution in [0, 0.1) is 0 Å². The van der Waals surface area contributed by atoms with Crippen molar-refractivity contribution >= 4 is 11.8 Å². The van der Waals surface area contributed by atoms with E-state index in [1.807, 2.05) is 14.0 Å². The smallest absolute Gasteiger partial charge is 0.320 e. The van der Waals surface area contributed by atoms with Crippen molar-refractivity contribution < 1.29 is 26.5 Å². The number of quaternary nitrogens is 1. The van der Waals surface area contributed by atoms with E-state index in [-0.39, 0.29) is 28.7 Å². The molecule has 0 N–H and O–H groups in total. The number of hydrogen-bond donors (Lipinski definition) is 0. The summed E-state index contributed by atoms with van der Waals surface area (Å²) in [7, 11) is 1.85. The number of hydrogen-bond acceptors (Lipinski definition) is 2. The summed E-state index contributed by atoms with van der Waals surface area (Å²) < 4.78 is -0.00715. The van der Waals surface area contributed by atoms with E-state index < -0.39 is 0 Å². The molecule has 0 saturated heterocycles. The molecule has 3 nitrogen and oxygen atoms in total. The van der Waals surface area contributed by atoms with Crippen LogP contribution in [-0.4, -0.2) is 29.9 Å². The summed E-state index contributed by atoms with van der Waals surface area (Å²) in [5.74, 6) is 0.237. The highest BCUT2D eigenvalue weighted by atomic mass is 35.5. The van der Waals surface area contributed by atoms with Gasteiger partial charge in [-0.15, -0.1) is 0 Å². The van der Waals surface area contributed by atoms with E-state index in [0.29, 0.717) is 19.4 Å². The van der Waals surface area contributed by atoms with Gasteiger partial charge in [-0.2, -0.15) is 0 Å². The van der Waals surface area contributed by atoms with Crippen molar-refractivity contribution in [2.45, 2.75) is 201 Å². The molecule has 0 rings (SSSR count). The first-order chi connectivity index (χ1) is 20.5. The number of carbonyl (C=O) groups is 2. The van der Waals surface area contributed by atoms with E-state index in [1.165, 1.54) is 141 Å². The molecule has 0 aromatic rings. The quantitative estimate of drug-likeness (QED) is 0.0438. The third kappa shape index (κ3) is 27.1. The average Bonchev–Trinajstić information content (AvgIpc) is 3.00. The Bertz CT molecular complexity index is 620. The number of halogens is 1. The summed E-state index contributed by atoms with van der Waals surface area (Å²) >= 11 is 0. The molecule has 43 heavy (non-hydrogen) atoms. The highest BCUT2D eigenvalue weighted by molar-refractivity contribution is 5.84. The molecule has 0 spiro atoms. The van der Waals surface area contributed by atoms with Crippen LogP contribution in [0.1, 0.15) is 201 Å². The SMILES string of the molecule is CCCCCCCC/C=C\CCCCCCCC(=O)[N+](C)(CC)C(=O)CCCCCCC/C=C\CCCCCCCC.[Cl-]. The lowest BCUT2D eigenvalue weighted by molar-refractivity contribution is -0.756. The molecule has 0 bridgehead atoms. The van der Waals surface area contributed by atoms with E-state index in [4.69, 9.17) is 0 Å². The fourth-order valence-corrected chi connectivity index (χ4v) is 5.68. The van der Waals surface area contributed by atoms with E-state index in [2.05, 4.69) is 38.2 Å². The second-order valence-electron chi connectivity index (χ2n) is 13.0. The van der Waals surface area contributed by atoms with Crippen LogP contribution in [0.3, 0.4) is 0 Å². The molecule has 4 heteroatoms. The monoisotopic (exact) mass is 624 g/mol. The molecule has 0 aliphatic heterocycles. The van der Waals surface area contributed by atoms with Gasteiger partial charge < -0.3 is 12.4 Å². The Morgan fingerprint density at radius 2 is 0.674 bits per heavy atom. The Morgan fingerprint density at radius 1 is 0.419 bits per heavy atom. The average molecular weight is 624 g/mol. The van der Waals surface area contributed by atoms with Crippen molar-refractivity contribution in [3.8, 4) is 0 Å². The molecule has 0 atom stereocenters. The van der Waals surface area contributed by atoms with Gasteiger partial charge in [0.2, 0.25) is 0 Å². The molecule has 0 fully saturated rings. The third-order valence-corrected chi connectivity index (χ3v) is 9.04. The van der Waals surface area contributed by atoms with Gasteiger partial charge in [0.15, 0.2) is 0 Å². The highest BCUT2D eigenvalue weighted by Crippen LogP contribution is 2.17. The highest BCUT2D eigenvalue weighted by Gasteiger charge is 2.36. The van der Waals surface area contributed by atoms with Crippen LogP contribution >= 0.6 is 0 Å². The van der Waals surface area contributed by atoms with Gasteiger partial charge in [0.25, 0.3) is 0 Å². The molecule has 0 radical (unpaired) electrons. The summed E-state index contributed by atoms with van der Waals surface area (Å²) in [6, 6.07) is 0. The topological polar surface area (TPSA) is 34.1 Å². The second-order valence-corrected chi connectivity index (χ2v) is 13.0. The number of imide groups is 1. The van der Waals surface area contributed by atoms with Gasteiger partial charge in [0.1, 0.15) is 0 Å². The molecular weight excluding hydrogens is 550 g/mol. The zero-order valence-corrected chi connectivity index (χ0v) is 30.2. The van der Waals surface area contributed by atoms with Crippen LogP contribution < -0.4 is 12.4 Å². The number of carbonyl (C=O) groups excluding carboxylic acids is 2. The Hall–Kier alpha value is -0.930. The van der Waals surface area contributed by atoms with Gasteiger partial charge in [0.05, 0.1) is 26.4 Å². The maximum absolute atomic E-state index is 13.0. The van der Waals surface area contributed by atoms with Crippen LogP contribution in [-0.2, 0) is 9.59 Å². The van der Waals surface area contributed by atoms with E-state index >= 15 is 0 Å². The van der Waals surface area contributed by atoms with Crippen LogP contribution in [0.5, 0.6) is 0 Å². The summed E-state index contributed by atoms with van der Waals surface area (Å²) in [5.41, 5.74) is 0. The largest absolute Gasteiger partial charge is 1.00 e. The number of unbranched alkanes of at least 4 members (excludes halogenated alkanes) is 22. The lowest BCUT2D eigenvalue weighted by Crippen LogP contribution is -3.00. The van der Waals surface area contributed by atoms with Crippen LogP contribution in [0.2, 0.25) is 0 Å². The number of allylic oxidation sites excluding steroid dienone is 4. The Balaban J connectivity index is 0. The summed E-state index contributed by atoms with van der Waals surface area (Å²) in [5, 5.41) is 0. The van der Waals surface area contributed by atoms with Gasteiger partial charge in [-0.3, -0.25) is 0 Å². The van der Waals surface area contributed by atoms with Crippen molar-refractivity contribution in [2.75, 3.05) is 13.6 Å². The number of amides is 2. The van der Waals surface area contributed by atoms with Crippen molar-refractivity contribution in [3.05, 3.63) is 24.3 Å². The van der Waals surface area contributed by atoms with Crippen molar-refractivity contribution in [2.24, 2.45) is 0 Å². The minimum Gasteiger partial charge on any atom is -1.00 e. The fraction of sp³-hybridized carbons (Fsp3) is 0.846. The zero-order chi connectivity index (χ0) is 31.0. The summed E-state index contributed by atoms with van der Waals surface area (Å²) in [6.45, 7) is 7.10. The van der Waals surface area contributed by atoms with Gasteiger partial charge in [-0.25, -0.2) is 14.1 Å². The maximum Gasteiger partial charge on any atom is 0.320 e. The third-order valence-electron chi connectivity index (χ3n) is 9.04. The maximum atomic E-state index is 13.0. The zero-order valence-electron chi connectivity index (χ0n) is 29.5. The molecule has 0 unspecified atom stereocenters. The molecule has 2 amide bonds. The van der Waals surface area contributed by atoms with Crippen molar-refractivity contribution in [1.82, 2.24) is 0 Å². The minimum absolute atomic E-state index is 0. The van der Waals surface area contributed by atoms with E-state index in [9.17, 15) is 9.59 Å². The first-order valence-electron chi connectivity index (χ1n) is 18.7. The first-order valence-corrected chi connectivity index (χ1v) is 18.7. The summed E-state index contributed by atoms with van der Waals surface area (Å²) in [4.78, 5) is 25.9. The van der Waals surface area contributed by atoms with Gasteiger partial charge in [-0.1, -0.05) is 141 Å². The Kier molecular flexibility index (Phi) is 34.9. The molecule has 254 valence electrons.